The first-order valence-electron chi connectivity index (χ1n) is 7.49. The highest BCUT2D eigenvalue weighted by Crippen LogP contribution is 2.18. The summed E-state index contributed by atoms with van der Waals surface area (Å²) in [6.45, 7) is 6.32. The van der Waals surface area contributed by atoms with Crippen LogP contribution in [0.25, 0.3) is 0 Å². The zero-order valence-electron chi connectivity index (χ0n) is 13.1. The summed E-state index contributed by atoms with van der Waals surface area (Å²) < 4.78 is 0. The van der Waals surface area contributed by atoms with E-state index in [1.807, 2.05) is 31.7 Å². The summed E-state index contributed by atoms with van der Waals surface area (Å²) in [4.78, 5) is 11.0. The van der Waals surface area contributed by atoms with Crippen molar-refractivity contribution < 1.29 is 0 Å². The first-order valence-corrected chi connectivity index (χ1v) is 7.49. The molecule has 0 saturated carbocycles. The molecule has 0 amide bonds. The Hall–Kier alpha value is -1.94. The van der Waals surface area contributed by atoms with Crippen LogP contribution in [-0.2, 0) is 13.1 Å². The monoisotopic (exact) mass is 284 g/mol. The first kappa shape index (κ1) is 15.4. The molecule has 0 aliphatic rings. The third-order valence-electron chi connectivity index (χ3n) is 3.85. The van der Waals surface area contributed by atoms with Crippen molar-refractivity contribution >= 4 is 5.82 Å². The molecule has 0 unspecified atom stereocenters. The van der Waals surface area contributed by atoms with Crippen molar-refractivity contribution in [3.8, 4) is 0 Å². The molecule has 2 heterocycles. The van der Waals surface area contributed by atoms with Gasteiger partial charge in [-0.15, -0.1) is 0 Å². The van der Waals surface area contributed by atoms with E-state index in [0.717, 1.165) is 25.3 Å². The minimum atomic E-state index is 0.517. The van der Waals surface area contributed by atoms with Gasteiger partial charge in [-0.05, 0) is 37.1 Å². The summed E-state index contributed by atoms with van der Waals surface area (Å²) >= 11 is 0. The van der Waals surface area contributed by atoms with Crippen molar-refractivity contribution in [3.05, 3.63) is 54.0 Å². The zero-order valence-corrected chi connectivity index (χ0v) is 13.1. The number of nitrogens with zero attached hydrogens (tertiary/aromatic N) is 3. The molecule has 0 bridgehead atoms. The molecule has 112 valence electrons. The lowest BCUT2D eigenvalue weighted by atomic mass is 10.1. The lowest BCUT2D eigenvalue weighted by Gasteiger charge is -2.29. The molecular formula is C17H24N4. The average Bonchev–Trinajstić information content (AvgIpc) is 2.55. The van der Waals surface area contributed by atoms with Crippen molar-refractivity contribution in [2.24, 2.45) is 0 Å². The summed E-state index contributed by atoms with van der Waals surface area (Å²) in [7, 11) is 1.92. The third kappa shape index (κ3) is 4.26. The Morgan fingerprint density at radius 3 is 2.57 bits per heavy atom. The van der Waals surface area contributed by atoms with E-state index in [1.54, 1.807) is 0 Å². The molecule has 1 N–H and O–H groups in total. The molecule has 2 aromatic heterocycles. The fourth-order valence-electron chi connectivity index (χ4n) is 2.36. The van der Waals surface area contributed by atoms with E-state index < -0.39 is 0 Å². The molecule has 0 saturated heterocycles. The molecule has 0 aromatic carbocycles. The van der Waals surface area contributed by atoms with Gasteiger partial charge in [0.25, 0.3) is 0 Å². The van der Waals surface area contributed by atoms with Gasteiger partial charge < -0.3 is 5.32 Å². The van der Waals surface area contributed by atoms with Crippen LogP contribution in [0.2, 0.25) is 0 Å². The van der Waals surface area contributed by atoms with Crippen molar-refractivity contribution in [2.45, 2.75) is 39.4 Å². The highest BCUT2D eigenvalue weighted by molar-refractivity contribution is 5.42. The van der Waals surface area contributed by atoms with Crippen LogP contribution in [0.4, 0.5) is 5.82 Å². The normalized spacial score (nSPS) is 12.4. The predicted octanol–water partition coefficient (Wildman–Crippen LogP) is 3.32. The van der Waals surface area contributed by atoms with Gasteiger partial charge >= 0.3 is 0 Å². The number of hydrogen-bond acceptors (Lipinski definition) is 4. The van der Waals surface area contributed by atoms with Crippen LogP contribution in [0.5, 0.6) is 0 Å². The second-order valence-corrected chi connectivity index (χ2v) is 5.28. The van der Waals surface area contributed by atoms with Crippen LogP contribution in [0, 0.1) is 0 Å². The lowest BCUT2D eigenvalue weighted by Crippen LogP contribution is -2.32. The third-order valence-corrected chi connectivity index (χ3v) is 3.85. The van der Waals surface area contributed by atoms with Gasteiger partial charge in [0.05, 0.1) is 0 Å². The molecule has 2 rings (SSSR count). The molecule has 0 aliphatic heterocycles. The number of nitrogens with one attached hydrogen (secondary N) is 1. The van der Waals surface area contributed by atoms with E-state index in [1.165, 1.54) is 11.1 Å². The minimum absolute atomic E-state index is 0.517. The number of hydrogen-bond donors (Lipinski definition) is 1. The maximum Gasteiger partial charge on any atom is 0.130 e. The highest BCUT2D eigenvalue weighted by atomic mass is 15.2. The van der Waals surface area contributed by atoms with Gasteiger partial charge in [-0.25, -0.2) is 4.98 Å². The minimum Gasteiger partial charge on any atom is -0.373 e. The van der Waals surface area contributed by atoms with Crippen LogP contribution in [-0.4, -0.2) is 28.0 Å². The van der Waals surface area contributed by atoms with E-state index in [-0.39, 0.29) is 0 Å². The van der Waals surface area contributed by atoms with Gasteiger partial charge in [0, 0.05) is 50.3 Å². The first-order chi connectivity index (χ1) is 10.2. The largest absolute Gasteiger partial charge is 0.373 e. The highest BCUT2D eigenvalue weighted by Gasteiger charge is 2.15. The molecule has 4 heteroatoms. The van der Waals surface area contributed by atoms with Crippen LogP contribution >= 0.6 is 0 Å². The smallest absolute Gasteiger partial charge is 0.130 e. The van der Waals surface area contributed by atoms with E-state index in [2.05, 4.69) is 52.2 Å². The second-order valence-electron chi connectivity index (χ2n) is 5.28. The Kier molecular flexibility index (Phi) is 5.69. The van der Waals surface area contributed by atoms with Crippen molar-refractivity contribution in [2.75, 3.05) is 12.4 Å². The Balaban J connectivity index is 2.16. The summed E-state index contributed by atoms with van der Waals surface area (Å²) in [5, 5.41) is 3.17. The molecule has 0 radical (unpaired) electrons. The molecule has 0 spiro atoms. The molecule has 2 aromatic rings. The Bertz CT molecular complexity index is 541. The molecule has 0 fully saturated rings. The van der Waals surface area contributed by atoms with Crippen LogP contribution in [0.1, 0.15) is 31.4 Å². The summed E-state index contributed by atoms with van der Waals surface area (Å²) in [6, 6.07) is 8.82. The van der Waals surface area contributed by atoms with Crippen molar-refractivity contribution in [1.82, 2.24) is 14.9 Å². The van der Waals surface area contributed by atoms with Crippen molar-refractivity contribution in [3.63, 3.8) is 0 Å². The van der Waals surface area contributed by atoms with Gasteiger partial charge in [0.2, 0.25) is 0 Å². The average molecular weight is 284 g/mol. The number of aromatic nitrogens is 2. The number of anilines is 1. The molecule has 21 heavy (non-hydrogen) atoms. The van der Waals surface area contributed by atoms with Gasteiger partial charge in [-0.2, -0.15) is 0 Å². The van der Waals surface area contributed by atoms with Crippen LogP contribution < -0.4 is 5.32 Å². The molecule has 1 atom stereocenters. The summed E-state index contributed by atoms with van der Waals surface area (Å²) in [5.41, 5.74) is 2.52. The Morgan fingerprint density at radius 1 is 1.14 bits per heavy atom. The Labute approximate surface area is 127 Å². The van der Waals surface area contributed by atoms with E-state index in [4.69, 9.17) is 0 Å². The standard InChI is InChI=1S/C17H24N4/c1-4-14(2)21(12-15-7-10-19-11-8-15)13-16-6-5-9-20-17(16)18-3/h5-11,14H,4,12-13H2,1-3H3,(H,18,20)/t14-/m0/s1. The fraction of sp³-hybridized carbons (Fsp3) is 0.412. The van der Waals surface area contributed by atoms with Gasteiger partial charge in [0.1, 0.15) is 5.82 Å². The topological polar surface area (TPSA) is 41.1 Å². The zero-order chi connectivity index (χ0) is 15.1. The Morgan fingerprint density at radius 2 is 1.90 bits per heavy atom. The SMILES string of the molecule is CC[C@H](C)N(Cc1ccncc1)Cc1cccnc1NC. The maximum atomic E-state index is 4.39. The summed E-state index contributed by atoms with van der Waals surface area (Å²) in [6.07, 6.45) is 6.66. The van der Waals surface area contributed by atoms with Gasteiger partial charge in [0.15, 0.2) is 0 Å². The molecule has 0 aliphatic carbocycles. The number of pyridine rings is 2. The van der Waals surface area contributed by atoms with Crippen LogP contribution in [0.3, 0.4) is 0 Å². The maximum absolute atomic E-state index is 4.39. The van der Waals surface area contributed by atoms with E-state index >= 15 is 0 Å². The van der Waals surface area contributed by atoms with E-state index in [9.17, 15) is 0 Å². The fourth-order valence-corrected chi connectivity index (χ4v) is 2.36. The van der Waals surface area contributed by atoms with Crippen LogP contribution in [0.15, 0.2) is 42.9 Å². The lowest BCUT2D eigenvalue weighted by molar-refractivity contribution is 0.186. The summed E-state index contributed by atoms with van der Waals surface area (Å²) in [5.74, 6) is 0.959. The van der Waals surface area contributed by atoms with Gasteiger partial charge in [-0.3, -0.25) is 9.88 Å². The molecular weight excluding hydrogens is 260 g/mol. The van der Waals surface area contributed by atoms with Gasteiger partial charge in [-0.1, -0.05) is 13.0 Å². The molecule has 4 nitrogen and oxygen atoms in total. The predicted molar refractivity (Wildman–Crippen MR) is 87.0 cm³/mol. The van der Waals surface area contributed by atoms with E-state index in [0.29, 0.717) is 6.04 Å². The second kappa shape index (κ2) is 7.74. The van der Waals surface area contributed by atoms with Crippen molar-refractivity contribution in [1.29, 1.82) is 0 Å². The quantitative estimate of drug-likeness (QED) is 0.847. The number of rotatable bonds is 7.